The number of aliphatic hydroxyl groups excluding tert-OH is 1. The molecular formula is C21H26N2O4. The number of benzene rings is 2. The van der Waals surface area contributed by atoms with Crippen LogP contribution in [0.15, 0.2) is 54.6 Å². The molecule has 0 saturated heterocycles. The van der Waals surface area contributed by atoms with Crippen LogP contribution in [0.4, 0.5) is 0 Å². The summed E-state index contributed by atoms with van der Waals surface area (Å²) in [7, 11) is 0. The van der Waals surface area contributed by atoms with Crippen LogP contribution in [0.1, 0.15) is 29.6 Å². The van der Waals surface area contributed by atoms with Gasteiger partial charge in [0, 0.05) is 12.1 Å². The molecule has 1 amide bonds. The highest BCUT2D eigenvalue weighted by Gasteiger charge is 2.34. The summed E-state index contributed by atoms with van der Waals surface area (Å²) in [5.41, 5.74) is 5.93. The predicted octanol–water partition coefficient (Wildman–Crippen LogP) is 2.11. The maximum atomic E-state index is 12.5. The minimum absolute atomic E-state index is 0.218. The molecule has 144 valence electrons. The molecule has 0 spiro atoms. The molecule has 1 saturated carbocycles. The molecule has 0 bridgehead atoms. The van der Waals surface area contributed by atoms with E-state index in [9.17, 15) is 9.90 Å². The minimum atomic E-state index is -0.755. The molecule has 27 heavy (non-hydrogen) atoms. The molecule has 1 aliphatic rings. The number of ether oxygens (including phenoxy) is 2. The van der Waals surface area contributed by atoms with Gasteiger partial charge in [-0.1, -0.05) is 18.2 Å². The van der Waals surface area contributed by atoms with Gasteiger partial charge in [0.05, 0.1) is 6.04 Å². The third kappa shape index (κ3) is 5.21. The maximum Gasteiger partial charge on any atom is 0.251 e. The standard InChI is InChI=1S/C21H26N2O4/c22-13-14-26-16-11-9-15(10-12-16)21(25)23-18-7-4-8-19(20(18)24)27-17-5-2-1-3-6-17/h1-3,5-6,9-12,18-20,24H,4,7-8,13-14,22H2,(H,23,25)/t18-,19-,20-/m1/s1. The quantitative estimate of drug-likeness (QED) is 0.694. The Kier molecular flexibility index (Phi) is 6.68. The summed E-state index contributed by atoms with van der Waals surface area (Å²) in [4.78, 5) is 12.5. The maximum absolute atomic E-state index is 12.5. The molecular weight excluding hydrogens is 344 g/mol. The Hall–Kier alpha value is -2.57. The number of amides is 1. The lowest BCUT2D eigenvalue weighted by molar-refractivity contribution is -0.0140. The van der Waals surface area contributed by atoms with Gasteiger partial charge in [-0.05, 0) is 55.7 Å². The van der Waals surface area contributed by atoms with Crippen LogP contribution in [0.2, 0.25) is 0 Å². The van der Waals surface area contributed by atoms with Crippen LogP contribution in [0.5, 0.6) is 11.5 Å². The summed E-state index contributed by atoms with van der Waals surface area (Å²) < 4.78 is 11.3. The van der Waals surface area contributed by atoms with Gasteiger partial charge in [0.2, 0.25) is 0 Å². The fraction of sp³-hybridized carbons (Fsp3) is 0.381. The third-order valence-corrected chi connectivity index (χ3v) is 4.65. The summed E-state index contributed by atoms with van der Waals surface area (Å²) in [6.45, 7) is 0.872. The number of aliphatic hydroxyl groups is 1. The van der Waals surface area contributed by atoms with Crippen molar-refractivity contribution in [2.45, 2.75) is 37.5 Å². The van der Waals surface area contributed by atoms with Gasteiger partial charge in [-0.3, -0.25) is 4.79 Å². The van der Waals surface area contributed by atoms with Crippen molar-refractivity contribution in [1.82, 2.24) is 5.32 Å². The van der Waals surface area contributed by atoms with Gasteiger partial charge in [0.15, 0.2) is 0 Å². The first-order valence-electron chi connectivity index (χ1n) is 9.31. The molecule has 0 heterocycles. The first-order valence-corrected chi connectivity index (χ1v) is 9.31. The van der Waals surface area contributed by atoms with Crippen LogP contribution in [0, 0.1) is 0 Å². The second kappa shape index (κ2) is 9.39. The van der Waals surface area contributed by atoms with E-state index in [1.54, 1.807) is 24.3 Å². The van der Waals surface area contributed by atoms with E-state index in [2.05, 4.69) is 5.32 Å². The topological polar surface area (TPSA) is 93.8 Å². The molecule has 0 radical (unpaired) electrons. The fourth-order valence-corrected chi connectivity index (χ4v) is 3.23. The largest absolute Gasteiger partial charge is 0.492 e. The first-order chi connectivity index (χ1) is 13.2. The average molecular weight is 370 g/mol. The Morgan fingerprint density at radius 3 is 2.52 bits per heavy atom. The molecule has 6 heteroatoms. The monoisotopic (exact) mass is 370 g/mol. The zero-order valence-corrected chi connectivity index (χ0v) is 15.2. The number of rotatable bonds is 7. The highest BCUT2D eigenvalue weighted by molar-refractivity contribution is 5.94. The van der Waals surface area contributed by atoms with Gasteiger partial charge >= 0.3 is 0 Å². The Balaban J connectivity index is 1.58. The Morgan fingerprint density at radius 2 is 1.81 bits per heavy atom. The number of nitrogens with two attached hydrogens (primary N) is 1. The molecule has 4 N–H and O–H groups in total. The molecule has 1 aliphatic carbocycles. The van der Waals surface area contributed by atoms with Crippen LogP contribution in [-0.4, -0.2) is 42.4 Å². The van der Waals surface area contributed by atoms with E-state index in [0.717, 1.165) is 25.0 Å². The van der Waals surface area contributed by atoms with Gasteiger partial charge < -0.3 is 25.6 Å². The SMILES string of the molecule is NCCOc1ccc(C(=O)N[C@@H]2CCC[C@@H](Oc3ccccc3)[C@@H]2O)cc1. The lowest BCUT2D eigenvalue weighted by Crippen LogP contribution is -2.52. The lowest BCUT2D eigenvalue weighted by atomic mass is 9.89. The smallest absolute Gasteiger partial charge is 0.251 e. The zero-order chi connectivity index (χ0) is 19.1. The first kappa shape index (κ1) is 19.2. The van der Waals surface area contributed by atoms with Crippen molar-refractivity contribution in [2.24, 2.45) is 5.73 Å². The summed E-state index contributed by atoms with van der Waals surface area (Å²) >= 11 is 0. The molecule has 1 fully saturated rings. The van der Waals surface area contributed by atoms with Gasteiger partial charge in [-0.2, -0.15) is 0 Å². The van der Waals surface area contributed by atoms with E-state index in [-0.39, 0.29) is 18.1 Å². The van der Waals surface area contributed by atoms with Crippen molar-refractivity contribution in [2.75, 3.05) is 13.2 Å². The van der Waals surface area contributed by atoms with E-state index < -0.39 is 6.10 Å². The third-order valence-electron chi connectivity index (χ3n) is 4.65. The van der Waals surface area contributed by atoms with E-state index in [4.69, 9.17) is 15.2 Å². The molecule has 0 unspecified atom stereocenters. The second-order valence-corrected chi connectivity index (χ2v) is 6.63. The van der Waals surface area contributed by atoms with Crippen LogP contribution in [-0.2, 0) is 0 Å². The summed E-state index contributed by atoms with van der Waals surface area (Å²) in [5, 5.41) is 13.6. The normalized spacial score (nSPS) is 22.1. The van der Waals surface area contributed by atoms with Gasteiger partial charge in [0.25, 0.3) is 5.91 Å². The summed E-state index contributed by atoms with van der Waals surface area (Å²) in [5.74, 6) is 1.18. The van der Waals surface area contributed by atoms with Gasteiger partial charge in [0.1, 0.15) is 30.3 Å². The summed E-state index contributed by atoms with van der Waals surface area (Å²) in [6.07, 6.45) is 1.27. The fourth-order valence-electron chi connectivity index (χ4n) is 3.23. The Labute approximate surface area is 159 Å². The number of para-hydroxylation sites is 1. The molecule has 2 aromatic rings. The lowest BCUT2D eigenvalue weighted by Gasteiger charge is -2.35. The van der Waals surface area contributed by atoms with E-state index in [1.807, 2.05) is 30.3 Å². The van der Waals surface area contributed by atoms with Crippen molar-refractivity contribution < 1.29 is 19.4 Å². The minimum Gasteiger partial charge on any atom is -0.492 e. The van der Waals surface area contributed by atoms with Crippen molar-refractivity contribution in [3.05, 3.63) is 60.2 Å². The van der Waals surface area contributed by atoms with Crippen molar-refractivity contribution in [3.8, 4) is 11.5 Å². The highest BCUT2D eigenvalue weighted by atomic mass is 16.5. The number of carbonyl (C=O) groups excluding carboxylic acids is 1. The zero-order valence-electron chi connectivity index (χ0n) is 15.2. The van der Waals surface area contributed by atoms with Gasteiger partial charge in [-0.25, -0.2) is 0 Å². The van der Waals surface area contributed by atoms with E-state index >= 15 is 0 Å². The molecule has 3 rings (SSSR count). The average Bonchev–Trinajstić information content (AvgIpc) is 2.70. The van der Waals surface area contributed by atoms with E-state index in [1.165, 1.54) is 0 Å². The summed E-state index contributed by atoms with van der Waals surface area (Å²) in [6, 6.07) is 16.0. The van der Waals surface area contributed by atoms with Crippen LogP contribution >= 0.6 is 0 Å². The number of hydrogen-bond donors (Lipinski definition) is 3. The molecule has 6 nitrogen and oxygen atoms in total. The molecule has 2 aromatic carbocycles. The number of hydrogen-bond acceptors (Lipinski definition) is 5. The number of carbonyl (C=O) groups is 1. The highest BCUT2D eigenvalue weighted by Crippen LogP contribution is 2.24. The van der Waals surface area contributed by atoms with E-state index in [0.29, 0.717) is 24.5 Å². The van der Waals surface area contributed by atoms with Crippen molar-refractivity contribution in [3.63, 3.8) is 0 Å². The van der Waals surface area contributed by atoms with Crippen LogP contribution in [0.3, 0.4) is 0 Å². The molecule has 0 aliphatic heterocycles. The molecule has 0 aromatic heterocycles. The number of nitrogens with one attached hydrogen (secondary N) is 1. The Bertz CT molecular complexity index is 721. The van der Waals surface area contributed by atoms with Gasteiger partial charge in [-0.15, -0.1) is 0 Å². The van der Waals surface area contributed by atoms with Crippen LogP contribution < -0.4 is 20.5 Å². The van der Waals surface area contributed by atoms with Crippen molar-refractivity contribution >= 4 is 5.91 Å². The molecule has 3 atom stereocenters. The Morgan fingerprint density at radius 1 is 1.07 bits per heavy atom. The second-order valence-electron chi connectivity index (χ2n) is 6.63. The predicted molar refractivity (Wildman–Crippen MR) is 103 cm³/mol. The van der Waals surface area contributed by atoms with Crippen LogP contribution in [0.25, 0.3) is 0 Å². The van der Waals surface area contributed by atoms with Crippen molar-refractivity contribution in [1.29, 1.82) is 0 Å².